The van der Waals surface area contributed by atoms with E-state index < -0.39 is 29.5 Å². The van der Waals surface area contributed by atoms with Crippen LogP contribution >= 0.6 is 0 Å². The molecule has 1 aromatic carbocycles. The Bertz CT molecular complexity index is 658. The SMILES string of the molecule is O=c1[nH]c2ccc(C(O)C(F)(F)C(F)(F)F)cc2[nH]1. The van der Waals surface area contributed by atoms with Crippen molar-refractivity contribution in [2.45, 2.75) is 18.2 Å². The number of nitrogens with one attached hydrogen (secondary N) is 2. The number of rotatable bonds is 2. The Labute approximate surface area is 101 Å². The summed E-state index contributed by atoms with van der Waals surface area (Å²) in [5.41, 5.74) is -1.02. The Hall–Kier alpha value is -1.90. The Kier molecular flexibility index (Phi) is 2.89. The van der Waals surface area contributed by atoms with Gasteiger partial charge in [0.2, 0.25) is 0 Å². The number of H-pyrrole nitrogens is 2. The summed E-state index contributed by atoms with van der Waals surface area (Å²) in [7, 11) is 0. The molecule has 1 heterocycles. The van der Waals surface area contributed by atoms with E-state index in [0.29, 0.717) is 0 Å². The first-order valence-corrected chi connectivity index (χ1v) is 4.97. The van der Waals surface area contributed by atoms with Crippen LogP contribution in [0.3, 0.4) is 0 Å². The number of aliphatic hydroxyl groups excluding tert-OH is 1. The number of hydrogen-bond donors (Lipinski definition) is 3. The van der Waals surface area contributed by atoms with Crippen LogP contribution in [0.5, 0.6) is 0 Å². The van der Waals surface area contributed by atoms with Gasteiger partial charge in [0, 0.05) is 0 Å². The number of hydrogen-bond acceptors (Lipinski definition) is 2. The standard InChI is InChI=1S/C10H7F5N2O2/c11-9(12,10(13,14)15)7(18)4-1-2-5-6(3-4)17-8(19)16-5/h1-3,7,18H,(H2,16,17,19). The van der Waals surface area contributed by atoms with Crippen molar-refractivity contribution in [1.29, 1.82) is 0 Å². The maximum atomic E-state index is 13.0. The minimum Gasteiger partial charge on any atom is -0.382 e. The van der Waals surface area contributed by atoms with Gasteiger partial charge >= 0.3 is 17.8 Å². The number of benzene rings is 1. The smallest absolute Gasteiger partial charge is 0.382 e. The van der Waals surface area contributed by atoms with Gasteiger partial charge in [-0.2, -0.15) is 22.0 Å². The molecule has 0 radical (unpaired) electrons. The number of imidazole rings is 1. The van der Waals surface area contributed by atoms with Crippen molar-refractivity contribution in [2.75, 3.05) is 0 Å². The molecule has 9 heteroatoms. The molecule has 3 N–H and O–H groups in total. The molecular formula is C10H7F5N2O2. The first-order chi connectivity index (χ1) is 8.63. The summed E-state index contributed by atoms with van der Waals surface area (Å²) < 4.78 is 62.3. The third-order valence-electron chi connectivity index (χ3n) is 2.58. The fourth-order valence-corrected chi connectivity index (χ4v) is 1.58. The zero-order valence-electron chi connectivity index (χ0n) is 9.05. The van der Waals surface area contributed by atoms with Crippen LogP contribution in [0.1, 0.15) is 11.7 Å². The summed E-state index contributed by atoms with van der Waals surface area (Å²) in [6.07, 6.45) is -8.91. The molecule has 19 heavy (non-hydrogen) atoms. The first kappa shape index (κ1) is 13.5. The predicted octanol–water partition coefficient (Wildman–Crippen LogP) is 2.09. The number of aliphatic hydroxyl groups is 1. The molecule has 0 aliphatic heterocycles. The summed E-state index contributed by atoms with van der Waals surface area (Å²) in [5, 5.41) is 9.18. The highest BCUT2D eigenvalue weighted by Gasteiger charge is 2.62. The van der Waals surface area contributed by atoms with E-state index in [0.717, 1.165) is 18.2 Å². The topological polar surface area (TPSA) is 68.9 Å². The molecule has 0 saturated heterocycles. The van der Waals surface area contributed by atoms with Crippen LogP contribution in [0.15, 0.2) is 23.0 Å². The number of aromatic nitrogens is 2. The zero-order valence-corrected chi connectivity index (χ0v) is 9.05. The van der Waals surface area contributed by atoms with E-state index in [9.17, 15) is 31.9 Å². The summed E-state index contributed by atoms with van der Waals surface area (Å²) in [4.78, 5) is 15.4. The lowest BCUT2D eigenvalue weighted by Gasteiger charge is -2.24. The van der Waals surface area contributed by atoms with Gasteiger partial charge in [0.15, 0.2) is 6.10 Å². The van der Waals surface area contributed by atoms with E-state index in [1.54, 1.807) is 0 Å². The van der Waals surface area contributed by atoms with Gasteiger partial charge in [0.05, 0.1) is 11.0 Å². The second-order valence-corrected chi connectivity index (χ2v) is 3.91. The molecule has 2 rings (SSSR count). The zero-order chi connectivity index (χ0) is 14.4. The van der Waals surface area contributed by atoms with Crippen LogP contribution in [0, 0.1) is 0 Å². The summed E-state index contributed by atoms with van der Waals surface area (Å²) >= 11 is 0. The molecule has 0 aliphatic carbocycles. The van der Waals surface area contributed by atoms with Crippen LogP contribution in [-0.2, 0) is 0 Å². The number of halogens is 5. The van der Waals surface area contributed by atoms with E-state index in [-0.39, 0.29) is 11.0 Å². The van der Waals surface area contributed by atoms with Gasteiger partial charge in [-0.1, -0.05) is 6.07 Å². The van der Waals surface area contributed by atoms with Crippen molar-refractivity contribution in [2.24, 2.45) is 0 Å². The van der Waals surface area contributed by atoms with Crippen LogP contribution in [-0.4, -0.2) is 27.2 Å². The van der Waals surface area contributed by atoms with Crippen molar-refractivity contribution < 1.29 is 27.1 Å². The Morgan fingerprint density at radius 1 is 1.05 bits per heavy atom. The van der Waals surface area contributed by atoms with Crippen molar-refractivity contribution in [3.8, 4) is 0 Å². The van der Waals surface area contributed by atoms with E-state index in [1.807, 2.05) is 0 Å². The highest BCUT2D eigenvalue weighted by molar-refractivity contribution is 5.75. The first-order valence-electron chi connectivity index (χ1n) is 4.97. The maximum Gasteiger partial charge on any atom is 0.456 e. The normalized spacial score (nSPS) is 14.8. The molecule has 0 amide bonds. The highest BCUT2D eigenvalue weighted by Crippen LogP contribution is 2.44. The molecule has 1 atom stereocenters. The molecule has 104 valence electrons. The Morgan fingerprint density at radius 3 is 2.21 bits per heavy atom. The molecule has 2 aromatic rings. The van der Waals surface area contributed by atoms with Gasteiger partial charge in [0.1, 0.15) is 0 Å². The average molecular weight is 282 g/mol. The van der Waals surface area contributed by atoms with Gasteiger partial charge in [-0.3, -0.25) is 0 Å². The van der Waals surface area contributed by atoms with Gasteiger partial charge < -0.3 is 15.1 Å². The Morgan fingerprint density at radius 2 is 1.63 bits per heavy atom. The fourth-order valence-electron chi connectivity index (χ4n) is 1.58. The predicted molar refractivity (Wildman–Crippen MR) is 54.9 cm³/mol. The van der Waals surface area contributed by atoms with E-state index in [2.05, 4.69) is 9.97 Å². The molecule has 1 unspecified atom stereocenters. The minimum absolute atomic E-state index is 0.0273. The quantitative estimate of drug-likeness (QED) is 0.738. The van der Waals surface area contributed by atoms with Crippen molar-refractivity contribution in [1.82, 2.24) is 9.97 Å². The van der Waals surface area contributed by atoms with E-state index in [1.165, 1.54) is 0 Å². The van der Waals surface area contributed by atoms with Crippen LogP contribution in [0.2, 0.25) is 0 Å². The van der Waals surface area contributed by atoms with E-state index >= 15 is 0 Å². The van der Waals surface area contributed by atoms with Crippen LogP contribution < -0.4 is 5.69 Å². The molecule has 4 nitrogen and oxygen atoms in total. The van der Waals surface area contributed by atoms with Crippen molar-refractivity contribution in [3.63, 3.8) is 0 Å². The molecular weight excluding hydrogens is 275 g/mol. The molecule has 0 saturated carbocycles. The highest BCUT2D eigenvalue weighted by atomic mass is 19.4. The molecule has 0 fully saturated rings. The summed E-state index contributed by atoms with van der Waals surface area (Å²) in [5.74, 6) is -5.28. The third-order valence-corrected chi connectivity index (χ3v) is 2.58. The van der Waals surface area contributed by atoms with Gasteiger partial charge in [-0.05, 0) is 17.7 Å². The fraction of sp³-hybridized carbons (Fsp3) is 0.300. The average Bonchev–Trinajstić information content (AvgIpc) is 2.65. The second kappa shape index (κ2) is 4.05. The number of aromatic amines is 2. The lowest BCUT2D eigenvalue weighted by Crippen LogP contribution is -2.42. The largest absolute Gasteiger partial charge is 0.456 e. The third kappa shape index (κ3) is 2.21. The molecule has 0 aliphatic rings. The summed E-state index contributed by atoms with van der Waals surface area (Å²) in [6.45, 7) is 0. The Balaban J connectivity index is 2.46. The summed E-state index contributed by atoms with van der Waals surface area (Å²) in [6, 6.07) is 2.87. The van der Waals surface area contributed by atoms with Gasteiger partial charge in [-0.25, -0.2) is 4.79 Å². The lowest BCUT2D eigenvalue weighted by atomic mass is 10.0. The van der Waals surface area contributed by atoms with Crippen molar-refractivity contribution in [3.05, 3.63) is 34.2 Å². The van der Waals surface area contributed by atoms with Crippen LogP contribution in [0.4, 0.5) is 22.0 Å². The number of alkyl halides is 5. The van der Waals surface area contributed by atoms with Gasteiger partial charge in [-0.15, -0.1) is 0 Å². The number of fused-ring (bicyclic) bond motifs is 1. The lowest BCUT2D eigenvalue weighted by molar-refractivity contribution is -0.315. The van der Waals surface area contributed by atoms with E-state index in [4.69, 9.17) is 0 Å². The molecule has 1 aromatic heterocycles. The monoisotopic (exact) mass is 282 g/mol. The van der Waals surface area contributed by atoms with Crippen LogP contribution in [0.25, 0.3) is 11.0 Å². The maximum absolute atomic E-state index is 13.0. The van der Waals surface area contributed by atoms with Gasteiger partial charge in [0.25, 0.3) is 0 Å². The minimum atomic E-state index is -5.87. The van der Waals surface area contributed by atoms with Crippen molar-refractivity contribution >= 4 is 11.0 Å². The molecule has 0 spiro atoms. The second-order valence-electron chi connectivity index (χ2n) is 3.91. The molecule has 0 bridgehead atoms.